The zero-order chi connectivity index (χ0) is 24.6. The number of rotatable bonds is 11. The number of carbonyl (C=O) groups is 1. The number of ether oxygens (including phenoxy) is 1. The summed E-state index contributed by atoms with van der Waals surface area (Å²) in [6.45, 7) is 9.58. The monoisotopic (exact) mass is 493 g/mol. The average Bonchev–Trinajstić information content (AvgIpc) is 3.23. The van der Waals surface area contributed by atoms with Crippen LogP contribution in [0.5, 0.6) is 0 Å². The smallest absolute Gasteiger partial charge is 0.252 e. The second-order valence-electron chi connectivity index (χ2n) is 7.28. The molecule has 0 aliphatic carbocycles. The minimum Gasteiger partial charge on any atom is -0.355 e. The number of nitriles is 1. The lowest BCUT2D eigenvalue weighted by Gasteiger charge is -2.39. The minimum absolute atomic E-state index is 0.0853. The van der Waals surface area contributed by atoms with Gasteiger partial charge in [0.25, 0.3) is 5.13 Å². The predicted molar refractivity (Wildman–Crippen MR) is 126 cm³/mol. The molecule has 0 spiro atoms. The molecule has 2 rings (SSSR count). The molecule has 0 unspecified atom stereocenters. The number of amides is 1. The zero-order valence-electron chi connectivity index (χ0n) is 19.2. The summed E-state index contributed by atoms with van der Waals surface area (Å²) in [4.78, 5) is 13.8. The third kappa shape index (κ3) is 7.01. The highest BCUT2D eigenvalue weighted by atomic mass is 32.2. The number of anilines is 2. The van der Waals surface area contributed by atoms with E-state index in [1.807, 2.05) is 31.7 Å². The molecule has 2 aromatic rings. The summed E-state index contributed by atoms with van der Waals surface area (Å²) in [7, 11) is -3.47. The van der Waals surface area contributed by atoms with Gasteiger partial charge in [0.1, 0.15) is 11.4 Å². The van der Waals surface area contributed by atoms with E-state index in [0.29, 0.717) is 24.5 Å². The van der Waals surface area contributed by atoms with Gasteiger partial charge in [-0.25, -0.2) is 8.42 Å². The molecule has 1 aromatic carbocycles. The summed E-state index contributed by atoms with van der Waals surface area (Å²) in [5.41, 5.74) is 0.856. The molecule has 0 bridgehead atoms. The molecule has 1 heterocycles. The van der Waals surface area contributed by atoms with Crippen LogP contribution in [-0.2, 0) is 19.4 Å². The van der Waals surface area contributed by atoms with Crippen molar-refractivity contribution in [3.63, 3.8) is 0 Å². The van der Waals surface area contributed by atoms with Crippen molar-refractivity contribution in [2.75, 3.05) is 29.1 Å². The molecule has 1 N–H and O–H groups in total. The highest BCUT2D eigenvalue weighted by Gasteiger charge is 2.27. The van der Waals surface area contributed by atoms with E-state index in [0.717, 1.165) is 17.0 Å². The van der Waals surface area contributed by atoms with Crippen molar-refractivity contribution in [1.82, 2.24) is 10.2 Å². The molecule has 0 saturated carbocycles. The van der Waals surface area contributed by atoms with E-state index in [2.05, 4.69) is 31.8 Å². The number of sulfone groups is 1. The molecular weight excluding hydrogens is 466 g/mol. The molecule has 0 aliphatic heterocycles. The fourth-order valence-electron chi connectivity index (χ4n) is 2.96. The van der Waals surface area contributed by atoms with Crippen LogP contribution in [0.15, 0.2) is 32.8 Å². The van der Waals surface area contributed by atoms with Gasteiger partial charge in [-0.15, -0.1) is 20.4 Å². The lowest BCUT2D eigenvalue weighted by molar-refractivity contribution is -0.114. The number of hydrogen-bond acceptors (Lipinski definition) is 11. The van der Waals surface area contributed by atoms with Gasteiger partial charge in [0.15, 0.2) is 0 Å². The van der Waals surface area contributed by atoms with Crippen molar-refractivity contribution >= 4 is 49.3 Å². The molecule has 0 aliphatic rings. The van der Waals surface area contributed by atoms with Gasteiger partial charge in [-0.3, -0.25) is 4.79 Å². The van der Waals surface area contributed by atoms with E-state index in [4.69, 9.17) is 10.00 Å². The van der Waals surface area contributed by atoms with Crippen LogP contribution in [-0.4, -0.2) is 49.2 Å². The Morgan fingerprint density at radius 1 is 1.30 bits per heavy atom. The van der Waals surface area contributed by atoms with E-state index >= 15 is 0 Å². The highest BCUT2D eigenvalue weighted by Crippen LogP contribution is 2.35. The van der Waals surface area contributed by atoms with Crippen molar-refractivity contribution in [3.05, 3.63) is 18.2 Å². The summed E-state index contributed by atoms with van der Waals surface area (Å²) >= 11 is 0.822. The molecule has 13 heteroatoms. The molecule has 1 amide bonds. The number of benzene rings is 1. The van der Waals surface area contributed by atoms with Gasteiger partial charge in [0.05, 0.1) is 30.5 Å². The van der Waals surface area contributed by atoms with E-state index < -0.39 is 15.6 Å². The number of hydrogen-bond donors (Lipinski definition) is 1. The van der Waals surface area contributed by atoms with Gasteiger partial charge >= 0.3 is 0 Å². The Kier molecular flexibility index (Phi) is 8.98. The fraction of sp³-hybridized carbons (Fsp3) is 0.500. The third-order valence-electron chi connectivity index (χ3n) is 4.52. The number of azo groups is 1. The summed E-state index contributed by atoms with van der Waals surface area (Å²) in [5, 5.41) is 27.1. The lowest BCUT2D eigenvalue weighted by Crippen LogP contribution is -2.46. The van der Waals surface area contributed by atoms with Crippen LogP contribution in [0, 0.1) is 11.3 Å². The van der Waals surface area contributed by atoms with Gasteiger partial charge in [-0.2, -0.15) is 5.26 Å². The lowest BCUT2D eigenvalue weighted by atomic mass is 10.1. The SMILES string of the molecule is CCN(c1ccc(N=Nc2nnc(S(=O)(=O)CC)s2)c(NC(C)=O)c1)C(C)(C)OCCC#N. The molecule has 33 heavy (non-hydrogen) atoms. The van der Waals surface area contributed by atoms with E-state index in [1.165, 1.54) is 13.8 Å². The van der Waals surface area contributed by atoms with Crippen LogP contribution in [0.2, 0.25) is 0 Å². The van der Waals surface area contributed by atoms with Gasteiger partial charge in [-0.05, 0) is 39.0 Å². The Bertz CT molecular complexity index is 1150. The molecule has 1 aromatic heterocycles. The fourth-order valence-corrected chi connectivity index (χ4v) is 4.85. The Morgan fingerprint density at radius 3 is 2.64 bits per heavy atom. The number of aromatic nitrogens is 2. The van der Waals surface area contributed by atoms with Crippen LogP contribution in [0.4, 0.5) is 22.2 Å². The summed E-state index contributed by atoms with van der Waals surface area (Å²) in [6.07, 6.45) is 0.282. The topological polar surface area (TPSA) is 150 Å². The van der Waals surface area contributed by atoms with Crippen LogP contribution in [0.25, 0.3) is 0 Å². The maximum absolute atomic E-state index is 11.9. The molecule has 0 saturated heterocycles. The van der Waals surface area contributed by atoms with Crippen molar-refractivity contribution in [2.24, 2.45) is 10.2 Å². The molecule has 178 valence electrons. The summed E-state index contributed by atoms with van der Waals surface area (Å²) in [6, 6.07) is 7.31. The Labute approximate surface area is 197 Å². The third-order valence-corrected chi connectivity index (χ3v) is 7.51. The molecular formula is C20H27N7O4S2. The van der Waals surface area contributed by atoms with Crippen LogP contribution in [0.3, 0.4) is 0 Å². The zero-order valence-corrected chi connectivity index (χ0v) is 20.8. The first kappa shape index (κ1) is 26.3. The van der Waals surface area contributed by atoms with Gasteiger partial charge in [0, 0.05) is 19.2 Å². The second kappa shape index (κ2) is 11.3. The van der Waals surface area contributed by atoms with Crippen LogP contribution < -0.4 is 10.2 Å². The maximum atomic E-state index is 11.9. The average molecular weight is 494 g/mol. The van der Waals surface area contributed by atoms with Crippen molar-refractivity contribution < 1.29 is 17.9 Å². The Morgan fingerprint density at radius 2 is 2.03 bits per heavy atom. The van der Waals surface area contributed by atoms with Crippen molar-refractivity contribution in [2.45, 2.75) is 51.1 Å². The van der Waals surface area contributed by atoms with E-state index in [9.17, 15) is 13.2 Å². The first-order valence-corrected chi connectivity index (χ1v) is 12.7. The number of nitrogens with zero attached hydrogens (tertiary/aromatic N) is 6. The number of nitrogens with one attached hydrogen (secondary N) is 1. The van der Waals surface area contributed by atoms with Gasteiger partial charge in [0.2, 0.25) is 20.1 Å². The summed E-state index contributed by atoms with van der Waals surface area (Å²) < 4.78 is 29.6. The van der Waals surface area contributed by atoms with E-state index in [1.54, 1.807) is 12.1 Å². The highest BCUT2D eigenvalue weighted by molar-refractivity contribution is 7.93. The first-order chi connectivity index (χ1) is 15.5. The molecule has 0 fully saturated rings. The Hall–Kier alpha value is -2.95. The van der Waals surface area contributed by atoms with Crippen molar-refractivity contribution in [1.29, 1.82) is 5.26 Å². The molecule has 11 nitrogen and oxygen atoms in total. The standard InChI is InChI=1S/C20H27N7O4S2/c1-6-27(20(4,5)31-12-8-11-21)15-9-10-16(17(13-15)22-14(3)28)23-24-18-25-26-19(32-18)33(29,30)7-2/h9-10,13H,6-8,12H2,1-5H3,(H,22,28). The normalized spacial score (nSPS) is 12.0. The first-order valence-electron chi connectivity index (χ1n) is 10.2. The Balaban J connectivity index is 2.36. The number of carbonyl (C=O) groups excluding carboxylic acids is 1. The van der Waals surface area contributed by atoms with Crippen LogP contribution in [0.1, 0.15) is 41.0 Å². The largest absolute Gasteiger partial charge is 0.355 e. The van der Waals surface area contributed by atoms with E-state index in [-0.39, 0.29) is 27.6 Å². The van der Waals surface area contributed by atoms with Crippen LogP contribution >= 0.6 is 11.3 Å². The molecule has 0 atom stereocenters. The van der Waals surface area contributed by atoms with Crippen molar-refractivity contribution in [3.8, 4) is 6.07 Å². The minimum atomic E-state index is -3.47. The predicted octanol–water partition coefficient (Wildman–Crippen LogP) is 4.20. The quantitative estimate of drug-likeness (QED) is 0.278. The maximum Gasteiger partial charge on any atom is 0.252 e. The van der Waals surface area contributed by atoms with Gasteiger partial charge < -0.3 is 15.0 Å². The summed E-state index contributed by atoms with van der Waals surface area (Å²) in [5.74, 6) is -0.374. The van der Waals surface area contributed by atoms with Gasteiger partial charge in [-0.1, -0.05) is 18.3 Å². The second-order valence-corrected chi connectivity index (χ2v) is 10.7. The molecule has 0 radical (unpaired) electrons.